The van der Waals surface area contributed by atoms with Gasteiger partial charge in [-0.2, -0.15) is 0 Å². The molecule has 0 amide bonds. The number of aromatic nitrogens is 2. The summed E-state index contributed by atoms with van der Waals surface area (Å²) in [5, 5.41) is 9.61. The van der Waals surface area contributed by atoms with Gasteiger partial charge in [0.2, 0.25) is 0 Å². The van der Waals surface area contributed by atoms with Gasteiger partial charge in [-0.05, 0) is 27.6 Å². The van der Waals surface area contributed by atoms with Gasteiger partial charge in [0.25, 0.3) is 0 Å². The van der Waals surface area contributed by atoms with Crippen LogP contribution in [-0.4, -0.2) is 10.2 Å². The molecular weight excluding hydrogens is 353 g/mol. The molecule has 1 unspecified atom stereocenters. The Balaban J connectivity index is 1.95. The lowest BCUT2D eigenvalue weighted by Crippen LogP contribution is -2.11. The fourth-order valence-corrected chi connectivity index (χ4v) is 3.43. The Hall–Kier alpha value is -1.63. The van der Waals surface area contributed by atoms with E-state index in [0.29, 0.717) is 20.1 Å². The summed E-state index contributed by atoms with van der Waals surface area (Å²) >= 11 is 4.61. The van der Waals surface area contributed by atoms with Crippen molar-refractivity contribution in [2.45, 2.75) is 6.04 Å². The van der Waals surface area contributed by atoms with E-state index >= 15 is 0 Å². The number of nitrogens with two attached hydrogens (primary N) is 1. The van der Waals surface area contributed by atoms with E-state index in [9.17, 15) is 4.39 Å². The molecule has 3 rings (SSSR count). The van der Waals surface area contributed by atoms with Crippen LogP contribution >= 0.6 is 27.3 Å². The average Bonchev–Trinajstić information content (AvgIpc) is 3.00. The number of halogens is 2. The van der Waals surface area contributed by atoms with Crippen molar-refractivity contribution >= 4 is 27.3 Å². The lowest BCUT2D eigenvalue weighted by molar-refractivity contribution is 0.621. The van der Waals surface area contributed by atoms with Gasteiger partial charge in [-0.15, -0.1) is 10.2 Å². The molecule has 1 aromatic heterocycles. The molecular formula is C15H11BrFN3S. The molecule has 0 spiro atoms. The first kappa shape index (κ1) is 14.3. The topological polar surface area (TPSA) is 51.8 Å². The predicted octanol–water partition coefficient (Wildman–Crippen LogP) is 4.15. The van der Waals surface area contributed by atoms with Crippen LogP contribution in [0.4, 0.5) is 4.39 Å². The highest BCUT2D eigenvalue weighted by Crippen LogP contribution is 2.34. The molecule has 0 aliphatic rings. The molecule has 0 fully saturated rings. The second-order valence-corrected chi connectivity index (χ2v) is 6.24. The Kier molecular flexibility index (Phi) is 4.10. The van der Waals surface area contributed by atoms with Crippen LogP contribution in [0.3, 0.4) is 0 Å². The van der Waals surface area contributed by atoms with Crippen molar-refractivity contribution in [3.05, 3.63) is 69.4 Å². The van der Waals surface area contributed by atoms with Crippen LogP contribution in [0.5, 0.6) is 0 Å². The second-order valence-electron chi connectivity index (χ2n) is 4.44. The van der Waals surface area contributed by atoms with E-state index in [1.165, 1.54) is 17.4 Å². The van der Waals surface area contributed by atoms with Gasteiger partial charge in [0.15, 0.2) is 0 Å². The van der Waals surface area contributed by atoms with Gasteiger partial charge in [-0.25, -0.2) is 4.39 Å². The molecule has 1 atom stereocenters. The molecule has 0 bridgehead atoms. The smallest absolute Gasteiger partial charge is 0.149 e. The van der Waals surface area contributed by atoms with Crippen LogP contribution in [0.15, 0.2) is 53.0 Å². The van der Waals surface area contributed by atoms with Crippen LogP contribution in [-0.2, 0) is 0 Å². The summed E-state index contributed by atoms with van der Waals surface area (Å²) < 4.78 is 14.0. The first-order valence-electron chi connectivity index (χ1n) is 6.25. The Morgan fingerprint density at radius 3 is 2.57 bits per heavy atom. The first-order valence-corrected chi connectivity index (χ1v) is 7.86. The monoisotopic (exact) mass is 363 g/mol. The first-order chi connectivity index (χ1) is 10.2. The fraction of sp³-hybridized carbons (Fsp3) is 0.0667. The molecule has 0 aliphatic carbocycles. The Morgan fingerprint density at radius 2 is 1.81 bits per heavy atom. The van der Waals surface area contributed by atoms with Gasteiger partial charge in [0.05, 0.1) is 10.5 Å². The highest BCUT2D eigenvalue weighted by Gasteiger charge is 2.17. The van der Waals surface area contributed by atoms with Crippen LogP contribution in [0.2, 0.25) is 0 Å². The highest BCUT2D eigenvalue weighted by molar-refractivity contribution is 9.10. The summed E-state index contributed by atoms with van der Waals surface area (Å²) in [4.78, 5) is 0. The van der Waals surface area contributed by atoms with Crippen LogP contribution in [0, 0.1) is 5.82 Å². The van der Waals surface area contributed by atoms with Crippen LogP contribution in [0.1, 0.15) is 16.6 Å². The van der Waals surface area contributed by atoms with Crippen molar-refractivity contribution in [1.29, 1.82) is 0 Å². The van der Waals surface area contributed by atoms with Crippen LogP contribution in [0.25, 0.3) is 10.6 Å². The third kappa shape index (κ3) is 2.88. The number of hydrogen-bond donors (Lipinski definition) is 1. The molecule has 21 heavy (non-hydrogen) atoms. The molecule has 0 saturated heterocycles. The van der Waals surface area contributed by atoms with Gasteiger partial charge in [0.1, 0.15) is 15.8 Å². The zero-order valence-electron chi connectivity index (χ0n) is 10.8. The SMILES string of the molecule is NC(c1ccccc1)c1nnc(-c2cccc(F)c2Br)s1. The Bertz CT molecular complexity index is 761. The molecule has 0 saturated carbocycles. The van der Waals surface area contributed by atoms with E-state index in [1.807, 2.05) is 30.3 Å². The lowest BCUT2D eigenvalue weighted by atomic mass is 10.1. The molecule has 0 radical (unpaired) electrons. The quantitative estimate of drug-likeness (QED) is 0.760. The minimum absolute atomic E-state index is 0.323. The van der Waals surface area contributed by atoms with Crippen molar-refractivity contribution in [3.63, 3.8) is 0 Å². The molecule has 3 nitrogen and oxygen atoms in total. The van der Waals surface area contributed by atoms with E-state index < -0.39 is 0 Å². The van der Waals surface area contributed by atoms with Crippen molar-refractivity contribution < 1.29 is 4.39 Å². The van der Waals surface area contributed by atoms with Gasteiger partial charge in [-0.3, -0.25) is 0 Å². The summed E-state index contributed by atoms with van der Waals surface area (Å²) in [6.07, 6.45) is 0. The summed E-state index contributed by atoms with van der Waals surface area (Å²) in [7, 11) is 0. The van der Waals surface area contributed by atoms with Gasteiger partial charge < -0.3 is 5.73 Å². The second kappa shape index (κ2) is 6.01. The summed E-state index contributed by atoms with van der Waals surface area (Å²) in [5.41, 5.74) is 7.85. The van der Waals surface area contributed by atoms with Crippen molar-refractivity contribution in [2.75, 3.05) is 0 Å². The maximum atomic E-state index is 13.6. The van der Waals surface area contributed by atoms with E-state index in [4.69, 9.17) is 5.73 Å². The molecule has 0 aliphatic heterocycles. The van der Waals surface area contributed by atoms with Crippen molar-refractivity contribution in [2.24, 2.45) is 5.73 Å². The zero-order chi connectivity index (χ0) is 14.8. The normalized spacial score (nSPS) is 12.3. The van der Waals surface area contributed by atoms with E-state index in [2.05, 4.69) is 26.1 Å². The molecule has 1 heterocycles. The molecule has 6 heteroatoms. The van der Waals surface area contributed by atoms with Gasteiger partial charge >= 0.3 is 0 Å². The molecule has 3 aromatic rings. The average molecular weight is 364 g/mol. The summed E-state index contributed by atoms with van der Waals surface area (Å²) in [6.45, 7) is 0. The molecule has 106 valence electrons. The van der Waals surface area contributed by atoms with Crippen molar-refractivity contribution in [1.82, 2.24) is 10.2 Å². The number of rotatable bonds is 3. The third-order valence-corrected chi connectivity index (χ3v) is 4.89. The number of nitrogens with zero attached hydrogens (tertiary/aromatic N) is 2. The zero-order valence-corrected chi connectivity index (χ0v) is 13.2. The maximum Gasteiger partial charge on any atom is 0.149 e. The third-order valence-electron chi connectivity index (χ3n) is 3.05. The van der Waals surface area contributed by atoms with Gasteiger partial charge in [0, 0.05) is 5.56 Å². The predicted molar refractivity (Wildman–Crippen MR) is 85.5 cm³/mol. The lowest BCUT2D eigenvalue weighted by Gasteiger charge is -2.07. The van der Waals surface area contributed by atoms with E-state index in [1.54, 1.807) is 12.1 Å². The largest absolute Gasteiger partial charge is 0.318 e. The standard InChI is InChI=1S/C15H11BrFN3S/c16-12-10(7-4-8-11(12)17)14-19-20-15(21-14)13(18)9-5-2-1-3-6-9/h1-8,13H,18H2. The van der Waals surface area contributed by atoms with Gasteiger partial charge in [-0.1, -0.05) is 53.8 Å². The summed E-state index contributed by atoms with van der Waals surface area (Å²) in [6, 6.07) is 14.2. The Morgan fingerprint density at radius 1 is 1.05 bits per heavy atom. The maximum absolute atomic E-state index is 13.6. The van der Waals surface area contributed by atoms with Crippen LogP contribution < -0.4 is 5.73 Å². The summed E-state index contributed by atoms with van der Waals surface area (Å²) in [5.74, 6) is -0.323. The van der Waals surface area contributed by atoms with E-state index in [-0.39, 0.29) is 11.9 Å². The minimum atomic E-state index is -0.329. The highest BCUT2D eigenvalue weighted by atomic mass is 79.9. The molecule has 2 aromatic carbocycles. The Labute approximate surface area is 133 Å². The van der Waals surface area contributed by atoms with Crippen molar-refractivity contribution in [3.8, 4) is 10.6 Å². The van der Waals surface area contributed by atoms with E-state index in [0.717, 1.165) is 5.56 Å². The molecule has 2 N–H and O–H groups in total. The number of benzene rings is 2. The minimum Gasteiger partial charge on any atom is -0.318 e. The number of hydrogen-bond acceptors (Lipinski definition) is 4. The fourth-order valence-electron chi connectivity index (χ4n) is 1.94.